The predicted molar refractivity (Wildman–Crippen MR) is 87.2 cm³/mol. The van der Waals surface area contributed by atoms with Gasteiger partial charge in [-0.2, -0.15) is 0 Å². The lowest BCUT2D eigenvalue weighted by Crippen LogP contribution is -2.32. The van der Waals surface area contributed by atoms with Crippen LogP contribution in [0.25, 0.3) is 11.0 Å². The molecule has 0 atom stereocenters. The maximum absolute atomic E-state index is 13.8. The van der Waals surface area contributed by atoms with Gasteiger partial charge in [-0.05, 0) is 60.9 Å². The van der Waals surface area contributed by atoms with E-state index in [9.17, 15) is 4.39 Å². The number of aromatic nitrogens is 2. The second-order valence-electron chi connectivity index (χ2n) is 5.77. The van der Waals surface area contributed by atoms with E-state index in [1.54, 1.807) is 12.1 Å². The first kappa shape index (κ1) is 15.3. The van der Waals surface area contributed by atoms with Crippen LogP contribution in [0.15, 0.2) is 16.6 Å². The van der Waals surface area contributed by atoms with Crippen molar-refractivity contribution in [2.24, 2.45) is 5.92 Å². The van der Waals surface area contributed by atoms with Gasteiger partial charge in [0, 0.05) is 12.6 Å². The van der Waals surface area contributed by atoms with Crippen LogP contribution in [0, 0.1) is 11.7 Å². The number of hydrogen-bond donors (Lipinski definition) is 0. The van der Waals surface area contributed by atoms with Gasteiger partial charge in [0.2, 0.25) is 0 Å². The minimum absolute atomic E-state index is 0.256. The maximum atomic E-state index is 13.8. The fraction of sp³-hybridized carbons (Fsp3) is 0.533. The summed E-state index contributed by atoms with van der Waals surface area (Å²) >= 11 is 9.24. The Labute approximate surface area is 137 Å². The zero-order valence-corrected chi connectivity index (χ0v) is 14.3. The van der Waals surface area contributed by atoms with Crippen molar-refractivity contribution in [3.05, 3.63) is 28.2 Å². The molecule has 1 saturated heterocycles. The lowest BCUT2D eigenvalue weighted by atomic mass is 9.97. The molecule has 1 aromatic carbocycles. The van der Waals surface area contributed by atoms with Crippen LogP contribution in [0.5, 0.6) is 0 Å². The van der Waals surface area contributed by atoms with E-state index < -0.39 is 0 Å². The monoisotopic (exact) mass is 373 g/mol. The number of piperidine rings is 1. The molecule has 0 spiro atoms. The Kier molecular flexibility index (Phi) is 4.52. The van der Waals surface area contributed by atoms with E-state index in [2.05, 4.69) is 37.4 Å². The first-order valence-electron chi connectivity index (χ1n) is 7.17. The van der Waals surface area contributed by atoms with E-state index >= 15 is 0 Å². The molecule has 1 aliphatic heterocycles. The average molecular weight is 375 g/mol. The standard InChI is InChI=1S/C15H18BrClFN3/c1-20-4-2-10(3-5-20)9-21-14-7-12(18)11(16)6-13(14)19-15(21)8-17/h6-7,10H,2-5,8-9H2,1H3. The average Bonchev–Trinajstić information content (AvgIpc) is 2.79. The number of imidazole rings is 1. The molecule has 0 unspecified atom stereocenters. The fourth-order valence-corrected chi connectivity index (χ4v) is 3.51. The molecular formula is C15H18BrClFN3. The molecule has 1 aliphatic rings. The number of likely N-dealkylation sites (tertiary alicyclic amines) is 1. The molecule has 0 radical (unpaired) electrons. The van der Waals surface area contributed by atoms with Gasteiger partial charge in [-0.25, -0.2) is 9.37 Å². The third-order valence-electron chi connectivity index (χ3n) is 4.27. The van der Waals surface area contributed by atoms with E-state index in [1.807, 2.05) is 0 Å². The van der Waals surface area contributed by atoms with Crippen LogP contribution >= 0.6 is 27.5 Å². The topological polar surface area (TPSA) is 21.1 Å². The Morgan fingerprint density at radius 3 is 2.76 bits per heavy atom. The molecule has 1 aromatic heterocycles. The van der Waals surface area contributed by atoms with E-state index in [-0.39, 0.29) is 5.82 Å². The lowest BCUT2D eigenvalue weighted by molar-refractivity contribution is 0.205. The Bertz CT molecular complexity index is 650. The summed E-state index contributed by atoms with van der Waals surface area (Å²) in [7, 11) is 2.15. The van der Waals surface area contributed by atoms with Crippen LogP contribution in [0.3, 0.4) is 0 Å². The summed E-state index contributed by atoms with van der Waals surface area (Å²) in [5.74, 6) is 1.52. The molecule has 2 heterocycles. The van der Waals surface area contributed by atoms with E-state index in [0.717, 1.165) is 49.3 Å². The maximum Gasteiger partial charge on any atom is 0.139 e. The molecule has 0 aliphatic carbocycles. The smallest absolute Gasteiger partial charge is 0.139 e. The Balaban J connectivity index is 1.94. The molecular weight excluding hydrogens is 357 g/mol. The number of hydrogen-bond acceptors (Lipinski definition) is 2. The molecule has 21 heavy (non-hydrogen) atoms. The molecule has 6 heteroatoms. The SMILES string of the molecule is CN1CCC(Cn2c(CCl)nc3cc(Br)c(F)cc32)CC1. The summed E-state index contributed by atoms with van der Waals surface area (Å²) in [5, 5.41) is 0. The summed E-state index contributed by atoms with van der Waals surface area (Å²) in [6, 6.07) is 3.28. The van der Waals surface area contributed by atoms with E-state index in [0.29, 0.717) is 16.3 Å². The quantitative estimate of drug-likeness (QED) is 0.757. The van der Waals surface area contributed by atoms with Crippen molar-refractivity contribution in [3.8, 4) is 0 Å². The summed E-state index contributed by atoms with van der Waals surface area (Å²) in [5.41, 5.74) is 1.64. The molecule has 0 saturated carbocycles. The van der Waals surface area contributed by atoms with E-state index in [4.69, 9.17) is 11.6 Å². The Morgan fingerprint density at radius 1 is 1.38 bits per heavy atom. The largest absolute Gasteiger partial charge is 0.327 e. The van der Waals surface area contributed by atoms with Crippen LogP contribution < -0.4 is 0 Å². The number of fused-ring (bicyclic) bond motifs is 1. The molecule has 2 aromatic rings. The Hall–Kier alpha value is -0.650. The second kappa shape index (κ2) is 6.23. The third-order valence-corrected chi connectivity index (χ3v) is 5.11. The Morgan fingerprint density at radius 2 is 2.10 bits per heavy atom. The van der Waals surface area contributed by atoms with Crippen molar-refractivity contribution >= 4 is 38.6 Å². The molecule has 3 nitrogen and oxygen atoms in total. The summed E-state index contributed by atoms with van der Waals surface area (Å²) in [6.07, 6.45) is 2.33. The van der Waals surface area contributed by atoms with Gasteiger partial charge in [0.15, 0.2) is 0 Å². The van der Waals surface area contributed by atoms with Crippen molar-refractivity contribution < 1.29 is 4.39 Å². The normalized spacial score (nSPS) is 17.7. The van der Waals surface area contributed by atoms with Crippen molar-refractivity contribution in [2.75, 3.05) is 20.1 Å². The van der Waals surface area contributed by atoms with Gasteiger partial charge >= 0.3 is 0 Å². The number of benzene rings is 1. The fourth-order valence-electron chi connectivity index (χ4n) is 2.98. The highest BCUT2D eigenvalue weighted by Crippen LogP contribution is 2.27. The molecule has 1 fully saturated rings. The minimum Gasteiger partial charge on any atom is -0.327 e. The number of nitrogens with zero attached hydrogens (tertiary/aromatic N) is 3. The summed E-state index contributed by atoms with van der Waals surface area (Å²) < 4.78 is 16.4. The van der Waals surface area contributed by atoms with Crippen LogP contribution in [0.1, 0.15) is 18.7 Å². The van der Waals surface area contributed by atoms with Crippen molar-refractivity contribution in [1.82, 2.24) is 14.5 Å². The van der Waals surface area contributed by atoms with E-state index in [1.165, 1.54) is 0 Å². The van der Waals surface area contributed by atoms with Crippen LogP contribution in [-0.4, -0.2) is 34.6 Å². The van der Waals surface area contributed by atoms with Gasteiger partial charge in [-0.3, -0.25) is 0 Å². The molecule has 114 valence electrons. The lowest BCUT2D eigenvalue weighted by Gasteiger charge is -2.29. The second-order valence-corrected chi connectivity index (χ2v) is 6.90. The first-order chi connectivity index (χ1) is 10.1. The number of rotatable bonds is 3. The molecule has 0 N–H and O–H groups in total. The van der Waals surface area contributed by atoms with Gasteiger partial charge < -0.3 is 9.47 Å². The minimum atomic E-state index is -0.256. The first-order valence-corrected chi connectivity index (χ1v) is 8.50. The van der Waals surface area contributed by atoms with Crippen molar-refractivity contribution in [2.45, 2.75) is 25.3 Å². The summed E-state index contributed by atoms with van der Waals surface area (Å²) in [6.45, 7) is 3.11. The number of halogens is 3. The molecule has 0 bridgehead atoms. The highest BCUT2D eigenvalue weighted by molar-refractivity contribution is 9.10. The van der Waals surface area contributed by atoms with Crippen LogP contribution in [0.4, 0.5) is 4.39 Å². The third kappa shape index (κ3) is 3.10. The zero-order chi connectivity index (χ0) is 15.0. The van der Waals surface area contributed by atoms with Crippen molar-refractivity contribution in [1.29, 1.82) is 0 Å². The van der Waals surface area contributed by atoms with Gasteiger partial charge in [-0.1, -0.05) is 0 Å². The van der Waals surface area contributed by atoms with Gasteiger partial charge in [0.1, 0.15) is 11.6 Å². The van der Waals surface area contributed by atoms with Gasteiger partial charge in [0.25, 0.3) is 0 Å². The zero-order valence-electron chi connectivity index (χ0n) is 12.0. The van der Waals surface area contributed by atoms with Gasteiger partial charge in [0.05, 0.1) is 21.4 Å². The van der Waals surface area contributed by atoms with Crippen molar-refractivity contribution in [3.63, 3.8) is 0 Å². The van der Waals surface area contributed by atoms with Gasteiger partial charge in [-0.15, -0.1) is 11.6 Å². The predicted octanol–water partition coefficient (Wildman–Crippen LogP) is 4.02. The highest BCUT2D eigenvalue weighted by atomic mass is 79.9. The molecule has 3 rings (SSSR count). The highest BCUT2D eigenvalue weighted by Gasteiger charge is 2.20. The summed E-state index contributed by atoms with van der Waals surface area (Å²) in [4.78, 5) is 6.89. The molecule has 0 amide bonds. The van der Waals surface area contributed by atoms with Crippen LogP contribution in [-0.2, 0) is 12.4 Å². The number of alkyl halides is 1. The van der Waals surface area contributed by atoms with Crippen LogP contribution in [0.2, 0.25) is 0 Å².